The summed E-state index contributed by atoms with van der Waals surface area (Å²) in [6, 6.07) is 1.25. The average Bonchev–Trinajstić information content (AvgIpc) is 3.23. The van der Waals surface area contributed by atoms with E-state index >= 15 is 0 Å². The fourth-order valence-electron chi connectivity index (χ4n) is 1.98. The normalized spacial score (nSPS) is 18.9. The minimum atomic E-state index is 0.531. The monoisotopic (exact) mass is 247 g/mol. The molecule has 2 fully saturated rings. The maximum absolute atomic E-state index is 5.59. The van der Waals surface area contributed by atoms with Gasteiger partial charge < -0.3 is 10.1 Å². The molecule has 0 amide bonds. The highest BCUT2D eigenvalue weighted by Crippen LogP contribution is 2.32. The van der Waals surface area contributed by atoms with Gasteiger partial charge >= 0.3 is 6.01 Å². The molecule has 1 aromatic heterocycles. The Bertz CT molecular complexity index is 414. The molecule has 0 saturated heterocycles. The molecule has 4 nitrogen and oxygen atoms in total. The van der Waals surface area contributed by atoms with Crippen LogP contribution in [0.4, 0.5) is 0 Å². The van der Waals surface area contributed by atoms with Crippen LogP contribution in [0.1, 0.15) is 43.4 Å². The molecule has 3 rings (SSSR count). The zero-order valence-electron chi connectivity index (χ0n) is 11.0. The molecule has 1 heterocycles. The van der Waals surface area contributed by atoms with Crippen molar-refractivity contribution in [2.24, 2.45) is 5.92 Å². The van der Waals surface area contributed by atoms with Crippen molar-refractivity contribution >= 4 is 0 Å². The van der Waals surface area contributed by atoms with E-state index in [0.717, 1.165) is 37.2 Å². The Morgan fingerprint density at radius 1 is 1.33 bits per heavy atom. The van der Waals surface area contributed by atoms with Gasteiger partial charge in [-0.1, -0.05) is 12.8 Å². The second kappa shape index (κ2) is 5.22. The van der Waals surface area contributed by atoms with Crippen LogP contribution in [-0.2, 0) is 6.54 Å². The van der Waals surface area contributed by atoms with Crippen molar-refractivity contribution in [3.05, 3.63) is 17.5 Å². The number of aryl methyl sites for hydroxylation is 1. The highest BCUT2D eigenvalue weighted by Gasteiger charge is 2.21. The summed E-state index contributed by atoms with van der Waals surface area (Å²) < 4.78 is 5.59. The SMILES string of the molecule is Cc1nc(OCCC2CC2)ncc1CNC1CC1. The first-order chi connectivity index (χ1) is 8.81. The third-order valence-electron chi connectivity index (χ3n) is 3.67. The topological polar surface area (TPSA) is 47.0 Å². The van der Waals surface area contributed by atoms with Gasteiger partial charge in [0.2, 0.25) is 0 Å². The average molecular weight is 247 g/mol. The number of hydrogen-bond acceptors (Lipinski definition) is 4. The number of nitrogens with one attached hydrogen (secondary N) is 1. The lowest BCUT2D eigenvalue weighted by atomic mass is 10.2. The zero-order valence-corrected chi connectivity index (χ0v) is 11.0. The Hall–Kier alpha value is -1.16. The van der Waals surface area contributed by atoms with Gasteiger partial charge in [-0.05, 0) is 32.1 Å². The summed E-state index contributed by atoms with van der Waals surface area (Å²) in [4.78, 5) is 8.70. The first kappa shape index (κ1) is 11.9. The summed E-state index contributed by atoms with van der Waals surface area (Å²) in [6.45, 7) is 3.65. The quantitative estimate of drug-likeness (QED) is 0.802. The van der Waals surface area contributed by atoms with Gasteiger partial charge in [-0.3, -0.25) is 0 Å². The van der Waals surface area contributed by atoms with Gasteiger partial charge in [0.15, 0.2) is 0 Å². The molecule has 4 heteroatoms. The number of aromatic nitrogens is 2. The Kier molecular flexibility index (Phi) is 3.46. The molecule has 2 aliphatic rings. The van der Waals surface area contributed by atoms with E-state index in [-0.39, 0.29) is 0 Å². The van der Waals surface area contributed by atoms with Crippen molar-refractivity contribution in [1.82, 2.24) is 15.3 Å². The fourth-order valence-corrected chi connectivity index (χ4v) is 1.98. The first-order valence-corrected chi connectivity index (χ1v) is 7.00. The molecule has 0 bridgehead atoms. The van der Waals surface area contributed by atoms with Gasteiger partial charge in [0.25, 0.3) is 0 Å². The predicted octanol–water partition coefficient (Wildman–Crippen LogP) is 2.22. The van der Waals surface area contributed by atoms with E-state index in [4.69, 9.17) is 4.74 Å². The van der Waals surface area contributed by atoms with E-state index in [2.05, 4.69) is 15.3 Å². The number of hydrogen-bond donors (Lipinski definition) is 1. The highest BCUT2D eigenvalue weighted by atomic mass is 16.5. The van der Waals surface area contributed by atoms with E-state index in [1.165, 1.54) is 31.2 Å². The molecule has 0 unspecified atom stereocenters. The molecule has 0 atom stereocenters. The zero-order chi connectivity index (χ0) is 12.4. The predicted molar refractivity (Wildman–Crippen MR) is 69.5 cm³/mol. The smallest absolute Gasteiger partial charge is 0.316 e. The van der Waals surface area contributed by atoms with Gasteiger partial charge in [0.1, 0.15) is 0 Å². The second-order valence-corrected chi connectivity index (χ2v) is 5.50. The van der Waals surface area contributed by atoms with Crippen LogP contribution in [0.3, 0.4) is 0 Å². The molecular weight excluding hydrogens is 226 g/mol. The highest BCUT2D eigenvalue weighted by molar-refractivity contribution is 5.18. The van der Waals surface area contributed by atoms with E-state index in [1.54, 1.807) is 0 Å². The molecule has 0 aromatic carbocycles. The van der Waals surface area contributed by atoms with Crippen molar-refractivity contribution in [2.75, 3.05) is 6.61 Å². The van der Waals surface area contributed by atoms with Crippen LogP contribution in [0.25, 0.3) is 0 Å². The Morgan fingerprint density at radius 3 is 2.83 bits per heavy atom. The fraction of sp³-hybridized carbons (Fsp3) is 0.714. The summed E-state index contributed by atoms with van der Waals surface area (Å²) in [5.74, 6) is 0.896. The molecule has 1 N–H and O–H groups in total. The molecule has 18 heavy (non-hydrogen) atoms. The van der Waals surface area contributed by atoms with Crippen molar-refractivity contribution in [2.45, 2.75) is 51.6 Å². The molecule has 0 aliphatic heterocycles. The van der Waals surface area contributed by atoms with Gasteiger partial charge in [0, 0.05) is 30.0 Å². The number of nitrogens with zero attached hydrogens (tertiary/aromatic N) is 2. The number of rotatable bonds is 7. The third kappa shape index (κ3) is 3.42. The maximum atomic E-state index is 5.59. The summed E-state index contributed by atoms with van der Waals surface area (Å²) >= 11 is 0. The van der Waals surface area contributed by atoms with Gasteiger partial charge in [-0.25, -0.2) is 9.97 Å². The molecule has 2 saturated carbocycles. The largest absolute Gasteiger partial charge is 0.463 e. The Labute approximate surface area is 108 Å². The minimum absolute atomic E-state index is 0.531. The van der Waals surface area contributed by atoms with E-state index in [1.807, 2.05) is 13.1 Å². The van der Waals surface area contributed by atoms with E-state index < -0.39 is 0 Å². The molecule has 0 radical (unpaired) electrons. The lowest BCUT2D eigenvalue weighted by molar-refractivity contribution is 0.278. The first-order valence-electron chi connectivity index (χ1n) is 7.00. The summed E-state index contributed by atoms with van der Waals surface area (Å²) in [5.41, 5.74) is 2.20. The van der Waals surface area contributed by atoms with Crippen LogP contribution in [0.5, 0.6) is 6.01 Å². The standard InChI is InChI=1S/C14H21N3O/c1-10-12(8-15-13-4-5-13)9-16-14(17-10)18-7-6-11-2-3-11/h9,11,13,15H,2-8H2,1H3. The van der Waals surface area contributed by atoms with Crippen LogP contribution in [0, 0.1) is 12.8 Å². The van der Waals surface area contributed by atoms with Crippen molar-refractivity contribution in [3.63, 3.8) is 0 Å². The second-order valence-electron chi connectivity index (χ2n) is 5.50. The van der Waals surface area contributed by atoms with Crippen LogP contribution in [0.2, 0.25) is 0 Å². The van der Waals surface area contributed by atoms with Crippen LogP contribution in [-0.4, -0.2) is 22.6 Å². The molecule has 0 spiro atoms. The van der Waals surface area contributed by atoms with Crippen LogP contribution in [0.15, 0.2) is 6.20 Å². The Balaban J connectivity index is 1.49. The van der Waals surface area contributed by atoms with Gasteiger partial charge in [-0.2, -0.15) is 0 Å². The lowest BCUT2D eigenvalue weighted by Gasteiger charge is -2.08. The van der Waals surface area contributed by atoms with Gasteiger partial charge in [-0.15, -0.1) is 0 Å². The maximum Gasteiger partial charge on any atom is 0.316 e. The minimum Gasteiger partial charge on any atom is -0.463 e. The summed E-state index contributed by atoms with van der Waals surface area (Å²) in [6.07, 6.45) is 8.39. The van der Waals surface area contributed by atoms with Crippen molar-refractivity contribution in [3.8, 4) is 6.01 Å². The van der Waals surface area contributed by atoms with Crippen molar-refractivity contribution in [1.29, 1.82) is 0 Å². The third-order valence-corrected chi connectivity index (χ3v) is 3.67. The molecule has 2 aliphatic carbocycles. The Morgan fingerprint density at radius 2 is 2.17 bits per heavy atom. The van der Waals surface area contributed by atoms with Crippen molar-refractivity contribution < 1.29 is 4.74 Å². The lowest BCUT2D eigenvalue weighted by Crippen LogP contribution is -2.17. The van der Waals surface area contributed by atoms with Crippen LogP contribution < -0.4 is 10.1 Å². The molecular formula is C14H21N3O. The summed E-state index contributed by atoms with van der Waals surface area (Å²) in [7, 11) is 0. The summed E-state index contributed by atoms with van der Waals surface area (Å²) in [5, 5.41) is 3.48. The number of ether oxygens (including phenoxy) is 1. The molecule has 98 valence electrons. The molecule has 1 aromatic rings. The van der Waals surface area contributed by atoms with Crippen LogP contribution >= 0.6 is 0 Å². The van der Waals surface area contributed by atoms with Gasteiger partial charge in [0.05, 0.1) is 6.61 Å². The van der Waals surface area contributed by atoms with E-state index in [9.17, 15) is 0 Å². The van der Waals surface area contributed by atoms with E-state index in [0.29, 0.717) is 6.01 Å².